The third-order valence-electron chi connectivity index (χ3n) is 3.73. The Morgan fingerprint density at radius 2 is 1.88 bits per heavy atom. The molecule has 3 rings (SSSR count). The van der Waals surface area contributed by atoms with Crippen LogP contribution < -0.4 is 5.32 Å². The van der Waals surface area contributed by atoms with E-state index in [0.29, 0.717) is 11.0 Å². The lowest BCUT2D eigenvalue weighted by Crippen LogP contribution is -2.22. The van der Waals surface area contributed by atoms with Crippen LogP contribution in [0.2, 0.25) is 0 Å². The number of amides is 1. The van der Waals surface area contributed by atoms with Gasteiger partial charge < -0.3 is 5.32 Å². The maximum absolute atomic E-state index is 12.3. The second-order valence-electron chi connectivity index (χ2n) is 5.95. The molecule has 0 aliphatic carbocycles. The lowest BCUT2D eigenvalue weighted by molar-refractivity contribution is -0.115. The molecule has 0 bridgehead atoms. The Morgan fingerprint density at radius 3 is 2.60 bits per heavy atom. The molecule has 0 aliphatic rings. The number of carbonyl (C=O) groups excluding carboxylic acids is 1. The van der Waals surface area contributed by atoms with Crippen LogP contribution in [0.5, 0.6) is 0 Å². The smallest absolute Gasteiger partial charge is 0.237 e. The van der Waals surface area contributed by atoms with Crippen molar-refractivity contribution >= 4 is 23.4 Å². The Morgan fingerprint density at radius 1 is 1.12 bits per heavy atom. The number of thioether (sulfide) groups is 1. The molecule has 0 spiro atoms. The molecular weight excluding hydrogens is 332 g/mol. The van der Waals surface area contributed by atoms with Crippen LogP contribution in [0.1, 0.15) is 18.1 Å². The van der Waals surface area contributed by atoms with Crippen LogP contribution in [-0.2, 0) is 4.79 Å². The van der Waals surface area contributed by atoms with Gasteiger partial charge in [0.25, 0.3) is 0 Å². The van der Waals surface area contributed by atoms with Gasteiger partial charge in [0.05, 0.1) is 5.25 Å². The van der Waals surface area contributed by atoms with Crippen LogP contribution in [-0.4, -0.2) is 26.3 Å². The summed E-state index contributed by atoms with van der Waals surface area (Å²) in [5, 5.41) is 10.3. The minimum atomic E-state index is -0.304. The van der Waals surface area contributed by atoms with Crippen molar-refractivity contribution in [3.63, 3.8) is 0 Å². The SMILES string of the molecule is Cc1ccc(-c2nc(SC(C)C(=O)Nc3cccc(C)c3)n[nH]2)cc1. The fourth-order valence-electron chi connectivity index (χ4n) is 2.32. The predicted octanol–water partition coefficient (Wildman–Crippen LogP) is 4.21. The minimum Gasteiger partial charge on any atom is -0.325 e. The Balaban J connectivity index is 1.63. The number of hydrogen-bond acceptors (Lipinski definition) is 4. The van der Waals surface area contributed by atoms with Crippen LogP contribution >= 0.6 is 11.8 Å². The maximum Gasteiger partial charge on any atom is 0.237 e. The second kappa shape index (κ2) is 7.53. The molecule has 5 nitrogen and oxygen atoms in total. The van der Waals surface area contributed by atoms with E-state index in [2.05, 4.69) is 20.5 Å². The first-order chi connectivity index (χ1) is 12.0. The number of aromatic nitrogens is 3. The molecule has 1 aromatic heterocycles. The van der Waals surface area contributed by atoms with Gasteiger partial charge in [-0.2, -0.15) is 0 Å². The molecule has 2 aromatic carbocycles. The standard InChI is InChI=1S/C19H20N4OS/c1-12-7-9-15(10-8-12)17-21-19(23-22-17)25-14(3)18(24)20-16-6-4-5-13(2)11-16/h4-11,14H,1-3H3,(H,20,24)(H,21,22,23). The summed E-state index contributed by atoms with van der Waals surface area (Å²) in [4.78, 5) is 16.8. The van der Waals surface area contributed by atoms with Crippen LogP contribution in [0.4, 0.5) is 5.69 Å². The summed E-state index contributed by atoms with van der Waals surface area (Å²) >= 11 is 1.33. The highest BCUT2D eigenvalue weighted by Crippen LogP contribution is 2.24. The molecule has 2 N–H and O–H groups in total. The van der Waals surface area contributed by atoms with Crippen molar-refractivity contribution in [3.05, 3.63) is 59.7 Å². The average molecular weight is 352 g/mol. The molecule has 3 aromatic rings. The highest BCUT2D eigenvalue weighted by Gasteiger charge is 2.17. The van der Waals surface area contributed by atoms with Gasteiger partial charge in [0, 0.05) is 11.3 Å². The average Bonchev–Trinajstić information content (AvgIpc) is 3.04. The van der Waals surface area contributed by atoms with Crippen LogP contribution in [0.25, 0.3) is 11.4 Å². The zero-order valence-corrected chi connectivity index (χ0v) is 15.2. The van der Waals surface area contributed by atoms with E-state index in [9.17, 15) is 4.79 Å². The van der Waals surface area contributed by atoms with Gasteiger partial charge in [0.1, 0.15) is 0 Å². The quantitative estimate of drug-likeness (QED) is 0.675. The van der Waals surface area contributed by atoms with Crippen molar-refractivity contribution in [2.24, 2.45) is 0 Å². The van der Waals surface area contributed by atoms with E-state index in [1.165, 1.54) is 17.3 Å². The van der Waals surface area contributed by atoms with E-state index in [4.69, 9.17) is 0 Å². The van der Waals surface area contributed by atoms with Crippen LogP contribution in [0.15, 0.2) is 53.7 Å². The number of rotatable bonds is 5. The summed E-state index contributed by atoms with van der Waals surface area (Å²) in [6, 6.07) is 15.8. The predicted molar refractivity (Wildman–Crippen MR) is 102 cm³/mol. The number of nitrogens with one attached hydrogen (secondary N) is 2. The van der Waals surface area contributed by atoms with Crippen molar-refractivity contribution < 1.29 is 4.79 Å². The summed E-state index contributed by atoms with van der Waals surface area (Å²) in [5.74, 6) is 0.631. The van der Waals surface area contributed by atoms with Crippen LogP contribution in [0.3, 0.4) is 0 Å². The molecule has 0 aliphatic heterocycles. The minimum absolute atomic E-state index is 0.0720. The lowest BCUT2D eigenvalue weighted by Gasteiger charge is -2.10. The van der Waals surface area contributed by atoms with Gasteiger partial charge in [-0.15, -0.1) is 5.10 Å². The number of aryl methyl sites for hydroxylation is 2. The van der Waals surface area contributed by atoms with Crippen molar-refractivity contribution in [3.8, 4) is 11.4 Å². The van der Waals surface area contributed by atoms with Crippen molar-refractivity contribution in [2.75, 3.05) is 5.32 Å². The summed E-state index contributed by atoms with van der Waals surface area (Å²) in [5.41, 5.74) is 4.07. The molecular formula is C19H20N4OS. The largest absolute Gasteiger partial charge is 0.325 e. The summed E-state index contributed by atoms with van der Waals surface area (Å²) in [6.45, 7) is 5.88. The van der Waals surface area contributed by atoms with E-state index in [1.807, 2.05) is 69.3 Å². The third-order valence-corrected chi connectivity index (χ3v) is 4.69. The van der Waals surface area contributed by atoms with Crippen molar-refractivity contribution in [2.45, 2.75) is 31.2 Å². The number of benzene rings is 2. The highest BCUT2D eigenvalue weighted by atomic mass is 32.2. The van der Waals surface area contributed by atoms with Gasteiger partial charge in [0.15, 0.2) is 5.82 Å². The molecule has 1 heterocycles. The fraction of sp³-hybridized carbons (Fsp3) is 0.211. The molecule has 0 saturated carbocycles. The zero-order valence-electron chi connectivity index (χ0n) is 14.4. The number of H-pyrrole nitrogens is 1. The Bertz CT molecular complexity index is 873. The van der Waals surface area contributed by atoms with E-state index in [1.54, 1.807) is 0 Å². The number of nitrogens with zero attached hydrogens (tertiary/aromatic N) is 2. The van der Waals surface area contributed by atoms with Gasteiger partial charge in [0.2, 0.25) is 11.1 Å². The highest BCUT2D eigenvalue weighted by molar-refractivity contribution is 8.00. The molecule has 1 unspecified atom stereocenters. The third kappa shape index (κ3) is 4.48. The normalized spacial score (nSPS) is 12.0. The molecule has 0 radical (unpaired) electrons. The maximum atomic E-state index is 12.3. The lowest BCUT2D eigenvalue weighted by atomic mass is 10.1. The number of anilines is 1. The Kier molecular flexibility index (Phi) is 5.19. The summed E-state index contributed by atoms with van der Waals surface area (Å²) in [7, 11) is 0. The number of aromatic amines is 1. The first-order valence-electron chi connectivity index (χ1n) is 8.05. The van der Waals surface area contributed by atoms with Gasteiger partial charge in [-0.25, -0.2) is 4.98 Å². The van der Waals surface area contributed by atoms with Gasteiger partial charge in [-0.3, -0.25) is 9.89 Å². The first-order valence-corrected chi connectivity index (χ1v) is 8.93. The second-order valence-corrected chi connectivity index (χ2v) is 7.26. The van der Waals surface area contributed by atoms with E-state index >= 15 is 0 Å². The number of carbonyl (C=O) groups is 1. The molecule has 25 heavy (non-hydrogen) atoms. The van der Waals surface area contributed by atoms with E-state index in [0.717, 1.165) is 16.8 Å². The molecule has 0 saturated heterocycles. The Hall–Kier alpha value is -2.60. The van der Waals surface area contributed by atoms with Crippen molar-refractivity contribution in [1.82, 2.24) is 15.2 Å². The monoisotopic (exact) mass is 352 g/mol. The topological polar surface area (TPSA) is 70.7 Å². The van der Waals surface area contributed by atoms with Gasteiger partial charge in [-0.1, -0.05) is 53.7 Å². The molecule has 1 atom stereocenters. The van der Waals surface area contributed by atoms with Gasteiger partial charge in [-0.05, 0) is 38.5 Å². The van der Waals surface area contributed by atoms with E-state index in [-0.39, 0.29) is 11.2 Å². The van der Waals surface area contributed by atoms with E-state index < -0.39 is 0 Å². The number of hydrogen-bond donors (Lipinski definition) is 2. The zero-order chi connectivity index (χ0) is 17.8. The molecule has 0 fully saturated rings. The first kappa shape index (κ1) is 17.2. The molecule has 1 amide bonds. The summed E-state index contributed by atoms with van der Waals surface area (Å²) < 4.78 is 0. The van der Waals surface area contributed by atoms with Crippen LogP contribution in [0, 0.1) is 13.8 Å². The molecule has 6 heteroatoms. The van der Waals surface area contributed by atoms with Crippen molar-refractivity contribution in [1.29, 1.82) is 0 Å². The fourth-order valence-corrected chi connectivity index (χ4v) is 3.04. The molecule has 128 valence electrons. The Labute approximate surface area is 151 Å². The summed E-state index contributed by atoms with van der Waals surface area (Å²) in [6.07, 6.45) is 0. The van der Waals surface area contributed by atoms with Gasteiger partial charge >= 0.3 is 0 Å².